The van der Waals surface area contributed by atoms with Crippen molar-refractivity contribution in [2.45, 2.75) is 44.9 Å². The van der Waals surface area contributed by atoms with Crippen LogP contribution in [0.25, 0.3) is 0 Å². The van der Waals surface area contributed by atoms with Crippen molar-refractivity contribution in [3.63, 3.8) is 0 Å². The van der Waals surface area contributed by atoms with Crippen molar-refractivity contribution in [1.29, 1.82) is 0 Å². The second-order valence-electron chi connectivity index (χ2n) is 9.94. The Morgan fingerprint density at radius 3 is 2.29 bits per heavy atom. The Morgan fingerprint density at radius 1 is 0.976 bits per heavy atom. The van der Waals surface area contributed by atoms with Gasteiger partial charge in [-0.15, -0.1) is 0 Å². The standard InChI is InChI=1S/C31H34FN3O6/c1-19(2)41-24-14-15-26(25(32)18-24)33-29(36)28(20(3)21-8-6-5-7-9-21)35-30(37)27(34-31(35)38)22-10-12-23(13-11-22)40-17-16-39-4/h5-15,18-20,27-28H,16-17H2,1-4H3,(H,33,36)(H,34,38)/t20?,27-,28?/m1/s1. The Hall–Kier alpha value is -4.44. The fourth-order valence-corrected chi connectivity index (χ4v) is 4.64. The Morgan fingerprint density at radius 2 is 1.66 bits per heavy atom. The Kier molecular flexibility index (Phi) is 9.57. The number of carbonyl (C=O) groups is 3. The van der Waals surface area contributed by atoms with Crippen LogP contribution in [0.5, 0.6) is 11.5 Å². The summed E-state index contributed by atoms with van der Waals surface area (Å²) in [5.74, 6) is -1.70. The molecule has 1 saturated heterocycles. The Balaban J connectivity index is 1.60. The van der Waals surface area contributed by atoms with E-state index in [-0.39, 0.29) is 11.8 Å². The van der Waals surface area contributed by atoms with Crippen molar-refractivity contribution in [2.75, 3.05) is 25.6 Å². The number of hydrogen-bond acceptors (Lipinski definition) is 6. The van der Waals surface area contributed by atoms with Crippen molar-refractivity contribution in [3.05, 3.63) is 89.7 Å². The molecule has 2 N–H and O–H groups in total. The first kappa shape index (κ1) is 29.5. The molecule has 0 spiro atoms. The number of rotatable bonds is 12. The maximum Gasteiger partial charge on any atom is 0.325 e. The molecule has 0 aromatic heterocycles. The molecule has 0 aliphatic carbocycles. The number of ether oxygens (including phenoxy) is 3. The molecule has 9 nitrogen and oxygen atoms in total. The van der Waals surface area contributed by atoms with E-state index >= 15 is 0 Å². The molecule has 0 radical (unpaired) electrons. The van der Waals surface area contributed by atoms with Crippen molar-refractivity contribution in [2.24, 2.45) is 0 Å². The Bertz CT molecular complexity index is 1370. The number of carbonyl (C=O) groups excluding carboxylic acids is 3. The summed E-state index contributed by atoms with van der Waals surface area (Å²) in [5, 5.41) is 5.27. The van der Waals surface area contributed by atoms with Gasteiger partial charge >= 0.3 is 6.03 Å². The van der Waals surface area contributed by atoms with E-state index < -0.39 is 41.7 Å². The minimum absolute atomic E-state index is 0.0935. The molecule has 41 heavy (non-hydrogen) atoms. The average molecular weight is 564 g/mol. The van der Waals surface area contributed by atoms with Crippen LogP contribution < -0.4 is 20.1 Å². The number of halogens is 1. The molecule has 216 valence electrons. The first-order valence-corrected chi connectivity index (χ1v) is 13.4. The molecule has 1 heterocycles. The number of urea groups is 1. The number of benzene rings is 3. The smallest absolute Gasteiger partial charge is 0.325 e. The van der Waals surface area contributed by atoms with E-state index in [1.807, 2.05) is 32.0 Å². The first-order chi connectivity index (χ1) is 19.7. The highest BCUT2D eigenvalue weighted by Gasteiger charge is 2.47. The lowest BCUT2D eigenvalue weighted by Gasteiger charge is -2.30. The van der Waals surface area contributed by atoms with Gasteiger partial charge in [-0.3, -0.25) is 9.59 Å². The second kappa shape index (κ2) is 13.3. The van der Waals surface area contributed by atoms with E-state index in [1.54, 1.807) is 56.5 Å². The van der Waals surface area contributed by atoms with Gasteiger partial charge in [0.2, 0.25) is 5.91 Å². The molecule has 3 aromatic rings. The zero-order valence-corrected chi connectivity index (χ0v) is 23.4. The quantitative estimate of drug-likeness (QED) is 0.236. The van der Waals surface area contributed by atoms with Crippen LogP contribution >= 0.6 is 0 Å². The third-order valence-electron chi connectivity index (χ3n) is 6.66. The predicted octanol–water partition coefficient (Wildman–Crippen LogP) is 5.04. The van der Waals surface area contributed by atoms with E-state index in [4.69, 9.17) is 14.2 Å². The summed E-state index contributed by atoms with van der Waals surface area (Å²) in [6.07, 6.45) is -0.155. The minimum Gasteiger partial charge on any atom is -0.491 e. The van der Waals surface area contributed by atoms with Gasteiger partial charge in [0.05, 0.1) is 18.4 Å². The van der Waals surface area contributed by atoms with Gasteiger partial charge in [0, 0.05) is 19.1 Å². The SMILES string of the molecule is COCCOc1ccc([C@H]2NC(=O)N(C(C(=O)Nc3ccc(OC(C)C)cc3F)C(C)c3ccccc3)C2=O)cc1. The number of hydrogen-bond donors (Lipinski definition) is 2. The lowest BCUT2D eigenvalue weighted by molar-refractivity contribution is -0.134. The molecule has 4 rings (SSSR count). The molecular weight excluding hydrogens is 529 g/mol. The third-order valence-corrected chi connectivity index (χ3v) is 6.66. The number of imide groups is 1. The number of nitrogens with zero attached hydrogens (tertiary/aromatic N) is 1. The molecule has 1 fully saturated rings. The van der Waals surface area contributed by atoms with Crippen molar-refractivity contribution in [1.82, 2.24) is 10.2 Å². The van der Waals surface area contributed by atoms with Crippen LogP contribution in [0.1, 0.15) is 43.9 Å². The highest BCUT2D eigenvalue weighted by atomic mass is 19.1. The van der Waals surface area contributed by atoms with Gasteiger partial charge in [-0.2, -0.15) is 0 Å². The Labute approximate surface area is 238 Å². The van der Waals surface area contributed by atoms with Crippen LogP contribution in [0, 0.1) is 5.82 Å². The zero-order valence-electron chi connectivity index (χ0n) is 23.4. The fraction of sp³-hybridized carbons (Fsp3) is 0.323. The maximum atomic E-state index is 14.9. The van der Waals surface area contributed by atoms with Crippen LogP contribution in [-0.4, -0.2) is 55.2 Å². The highest BCUT2D eigenvalue weighted by Crippen LogP contribution is 2.32. The van der Waals surface area contributed by atoms with Gasteiger partial charge in [-0.1, -0.05) is 49.4 Å². The number of amides is 4. The van der Waals surface area contributed by atoms with Crippen LogP contribution in [-0.2, 0) is 14.3 Å². The zero-order chi connectivity index (χ0) is 29.5. The molecule has 0 bridgehead atoms. The van der Waals surface area contributed by atoms with Gasteiger partial charge in [0.25, 0.3) is 5.91 Å². The van der Waals surface area contributed by atoms with Crippen LogP contribution in [0.15, 0.2) is 72.8 Å². The van der Waals surface area contributed by atoms with Crippen molar-refractivity contribution in [3.8, 4) is 11.5 Å². The van der Waals surface area contributed by atoms with Gasteiger partial charge < -0.3 is 24.8 Å². The summed E-state index contributed by atoms with van der Waals surface area (Å²) in [4.78, 5) is 41.6. The summed E-state index contributed by atoms with van der Waals surface area (Å²) < 4.78 is 31.0. The van der Waals surface area contributed by atoms with Crippen LogP contribution in [0.3, 0.4) is 0 Å². The number of methoxy groups -OCH3 is 1. The molecule has 1 aliphatic rings. The summed E-state index contributed by atoms with van der Waals surface area (Å²) in [7, 11) is 1.58. The summed E-state index contributed by atoms with van der Waals surface area (Å²) in [6.45, 7) is 6.18. The van der Waals surface area contributed by atoms with Gasteiger partial charge in [-0.25, -0.2) is 14.1 Å². The molecular formula is C31H34FN3O6. The third kappa shape index (κ3) is 7.01. The normalized spacial score (nSPS) is 16.3. The fourth-order valence-electron chi connectivity index (χ4n) is 4.64. The average Bonchev–Trinajstić information content (AvgIpc) is 3.24. The monoisotopic (exact) mass is 563 g/mol. The number of nitrogens with one attached hydrogen (secondary N) is 2. The van der Waals surface area contributed by atoms with E-state index in [1.165, 1.54) is 12.1 Å². The molecule has 4 amide bonds. The first-order valence-electron chi connectivity index (χ1n) is 13.4. The lowest BCUT2D eigenvalue weighted by Crippen LogP contribution is -2.50. The van der Waals surface area contributed by atoms with Crippen molar-refractivity contribution < 1.29 is 33.0 Å². The molecule has 10 heteroatoms. The van der Waals surface area contributed by atoms with E-state index in [2.05, 4.69) is 10.6 Å². The molecule has 2 unspecified atom stereocenters. The van der Waals surface area contributed by atoms with E-state index in [0.717, 1.165) is 10.5 Å². The summed E-state index contributed by atoms with van der Waals surface area (Å²) in [5.41, 5.74) is 1.17. The highest BCUT2D eigenvalue weighted by molar-refractivity contribution is 6.10. The van der Waals surface area contributed by atoms with Crippen LogP contribution in [0.4, 0.5) is 14.9 Å². The van der Waals surface area contributed by atoms with Gasteiger partial charge in [0.15, 0.2) is 0 Å². The predicted molar refractivity (Wildman–Crippen MR) is 151 cm³/mol. The lowest BCUT2D eigenvalue weighted by atomic mass is 9.91. The largest absolute Gasteiger partial charge is 0.491 e. The van der Waals surface area contributed by atoms with E-state index in [9.17, 15) is 18.8 Å². The molecule has 1 aliphatic heterocycles. The topological polar surface area (TPSA) is 106 Å². The maximum absolute atomic E-state index is 14.9. The second-order valence-corrected chi connectivity index (χ2v) is 9.94. The molecule has 3 aromatic carbocycles. The number of anilines is 1. The van der Waals surface area contributed by atoms with E-state index in [0.29, 0.717) is 30.3 Å². The van der Waals surface area contributed by atoms with Gasteiger partial charge in [0.1, 0.15) is 36.0 Å². The molecule has 0 saturated carbocycles. The molecule has 3 atom stereocenters. The summed E-state index contributed by atoms with van der Waals surface area (Å²) >= 11 is 0. The van der Waals surface area contributed by atoms with Crippen LogP contribution in [0.2, 0.25) is 0 Å². The summed E-state index contributed by atoms with van der Waals surface area (Å²) in [6, 6.07) is 16.9. The van der Waals surface area contributed by atoms with Crippen molar-refractivity contribution >= 4 is 23.5 Å². The van der Waals surface area contributed by atoms with Gasteiger partial charge in [-0.05, 0) is 49.2 Å². The minimum atomic E-state index is -1.27.